The minimum absolute atomic E-state index is 0.121. The van der Waals surface area contributed by atoms with Gasteiger partial charge in [-0.05, 0) is 48.9 Å². The van der Waals surface area contributed by atoms with Crippen LogP contribution in [0.1, 0.15) is 11.1 Å². The van der Waals surface area contributed by atoms with Gasteiger partial charge in [0, 0.05) is 0 Å². The Labute approximate surface area is 117 Å². The first kappa shape index (κ1) is 14.1. The van der Waals surface area contributed by atoms with Crippen molar-refractivity contribution in [3.63, 3.8) is 0 Å². The summed E-state index contributed by atoms with van der Waals surface area (Å²) in [7, 11) is -3.81. The van der Waals surface area contributed by atoms with Gasteiger partial charge in [0.05, 0.1) is 6.21 Å². The maximum Gasteiger partial charge on any atom is 0.339 e. The highest BCUT2D eigenvalue weighted by atomic mass is 32.2. The summed E-state index contributed by atoms with van der Waals surface area (Å²) in [5, 5.41) is 3.38. The van der Waals surface area contributed by atoms with Crippen LogP contribution in [0.3, 0.4) is 0 Å². The van der Waals surface area contributed by atoms with Crippen LogP contribution in [0.25, 0.3) is 0 Å². The van der Waals surface area contributed by atoms with Crippen molar-refractivity contribution in [1.29, 1.82) is 0 Å². The fourth-order valence-electron chi connectivity index (χ4n) is 1.58. The third-order valence-electron chi connectivity index (χ3n) is 2.62. The van der Waals surface area contributed by atoms with Crippen LogP contribution in [-0.2, 0) is 10.1 Å². The molecule has 0 aliphatic rings. The first-order chi connectivity index (χ1) is 9.51. The monoisotopic (exact) mass is 290 g/mol. The van der Waals surface area contributed by atoms with Crippen LogP contribution in [-0.4, -0.2) is 14.6 Å². The van der Waals surface area contributed by atoms with Gasteiger partial charge in [-0.3, -0.25) is 0 Å². The molecule has 6 heteroatoms. The van der Waals surface area contributed by atoms with Crippen molar-refractivity contribution in [3.8, 4) is 5.75 Å². The predicted octanol–water partition coefficient (Wildman–Crippen LogP) is 2.06. The van der Waals surface area contributed by atoms with Crippen LogP contribution in [0.15, 0.2) is 58.5 Å². The predicted molar refractivity (Wildman–Crippen MR) is 77.2 cm³/mol. The molecule has 0 saturated heterocycles. The maximum atomic E-state index is 12.1. The summed E-state index contributed by atoms with van der Waals surface area (Å²) in [5.74, 6) is 5.27. The second kappa shape index (κ2) is 5.75. The summed E-state index contributed by atoms with van der Waals surface area (Å²) in [6.07, 6.45) is 1.46. The Morgan fingerprint density at radius 1 is 1.05 bits per heavy atom. The second-order valence-electron chi connectivity index (χ2n) is 4.20. The van der Waals surface area contributed by atoms with Gasteiger partial charge in [0.25, 0.3) is 0 Å². The molecule has 0 aliphatic carbocycles. The Kier molecular flexibility index (Phi) is 4.05. The normalized spacial score (nSPS) is 11.7. The molecule has 0 unspecified atom stereocenters. The lowest BCUT2D eigenvalue weighted by Crippen LogP contribution is -2.09. The molecule has 2 rings (SSSR count). The molecule has 2 N–H and O–H groups in total. The Hall–Kier alpha value is -2.34. The molecule has 0 fully saturated rings. The second-order valence-corrected chi connectivity index (χ2v) is 5.74. The number of hydrogen-bond acceptors (Lipinski definition) is 5. The highest BCUT2D eigenvalue weighted by molar-refractivity contribution is 7.87. The minimum Gasteiger partial charge on any atom is -0.379 e. The molecule has 0 amide bonds. The number of nitrogens with two attached hydrogens (primary N) is 1. The van der Waals surface area contributed by atoms with Gasteiger partial charge in [-0.1, -0.05) is 17.7 Å². The largest absolute Gasteiger partial charge is 0.379 e. The zero-order valence-electron chi connectivity index (χ0n) is 10.9. The molecular formula is C14H14N2O3S. The van der Waals surface area contributed by atoms with Crippen LogP contribution in [0.4, 0.5) is 0 Å². The van der Waals surface area contributed by atoms with Gasteiger partial charge in [-0.2, -0.15) is 13.5 Å². The average Bonchev–Trinajstić information content (AvgIpc) is 2.41. The van der Waals surface area contributed by atoms with Crippen molar-refractivity contribution < 1.29 is 12.6 Å². The van der Waals surface area contributed by atoms with E-state index in [1.54, 1.807) is 36.4 Å². The maximum absolute atomic E-state index is 12.1. The lowest BCUT2D eigenvalue weighted by Gasteiger charge is -2.07. The SMILES string of the molecule is Cc1ccc(S(=O)(=O)Oc2ccc(C=NN)cc2)cc1. The first-order valence-corrected chi connectivity index (χ1v) is 7.26. The first-order valence-electron chi connectivity index (χ1n) is 5.86. The Morgan fingerprint density at radius 2 is 1.65 bits per heavy atom. The van der Waals surface area contributed by atoms with Crippen molar-refractivity contribution in [1.82, 2.24) is 0 Å². The topological polar surface area (TPSA) is 81.8 Å². The lowest BCUT2D eigenvalue weighted by molar-refractivity contribution is 0.486. The molecule has 5 nitrogen and oxygen atoms in total. The molecule has 0 atom stereocenters. The van der Waals surface area contributed by atoms with Gasteiger partial charge < -0.3 is 10.0 Å². The Morgan fingerprint density at radius 3 is 2.20 bits per heavy atom. The molecule has 0 radical (unpaired) electrons. The van der Waals surface area contributed by atoms with Gasteiger partial charge in [0.2, 0.25) is 0 Å². The summed E-state index contributed by atoms with van der Waals surface area (Å²) in [6.45, 7) is 1.88. The van der Waals surface area contributed by atoms with Gasteiger partial charge in [0.15, 0.2) is 0 Å². The standard InChI is InChI=1S/C14H14N2O3S/c1-11-2-8-14(9-3-11)20(17,18)19-13-6-4-12(5-7-13)10-16-15/h2-10H,15H2,1H3. The molecule has 0 aliphatic heterocycles. The van der Waals surface area contributed by atoms with Crippen LogP contribution in [0.5, 0.6) is 5.75 Å². The van der Waals surface area contributed by atoms with Crippen LogP contribution in [0, 0.1) is 6.92 Å². The fourth-order valence-corrected chi connectivity index (χ4v) is 2.51. The van der Waals surface area contributed by atoms with Gasteiger partial charge in [-0.15, -0.1) is 0 Å². The minimum atomic E-state index is -3.81. The lowest BCUT2D eigenvalue weighted by atomic mass is 10.2. The van der Waals surface area contributed by atoms with Crippen LogP contribution < -0.4 is 10.0 Å². The van der Waals surface area contributed by atoms with E-state index in [0.29, 0.717) is 0 Å². The fraction of sp³-hybridized carbons (Fsp3) is 0.0714. The van der Waals surface area contributed by atoms with Crippen molar-refractivity contribution in [2.75, 3.05) is 0 Å². The van der Waals surface area contributed by atoms with E-state index >= 15 is 0 Å². The highest BCUT2D eigenvalue weighted by Crippen LogP contribution is 2.19. The van der Waals surface area contributed by atoms with E-state index in [1.807, 2.05) is 6.92 Å². The number of benzene rings is 2. The van der Waals surface area contributed by atoms with Crippen molar-refractivity contribution in [2.24, 2.45) is 10.9 Å². The molecule has 20 heavy (non-hydrogen) atoms. The number of hydrazone groups is 1. The third-order valence-corrected chi connectivity index (χ3v) is 3.88. The highest BCUT2D eigenvalue weighted by Gasteiger charge is 2.16. The summed E-state index contributed by atoms with van der Waals surface area (Å²) < 4.78 is 29.2. The van der Waals surface area contributed by atoms with Crippen molar-refractivity contribution in [2.45, 2.75) is 11.8 Å². The summed E-state index contributed by atoms with van der Waals surface area (Å²) in [5.41, 5.74) is 1.74. The average molecular weight is 290 g/mol. The third kappa shape index (κ3) is 3.36. The van der Waals surface area contributed by atoms with E-state index in [4.69, 9.17) is 10.0 Å². The van der Waals surface area contributed by atoms with E-state index in [1.165, 1.54) is 18.3 Å². The summed E-state index contributed by atoms with van der Waals surface area (Å²) >= 11 is 0. The van der Waals surface area contributed by atoms with Gasteiger partial charge in [-0.25, -0.2) is 0 Å². The molecule has 0 saturated carbocycles. The summed E-state index contributed by atoms with van der Waals surface area (Å²) in [4.78, 5) is 0.121. The molecule has 104 valence electrons. The quantitative estimate of drug-likeness (QED) is 0.404. The van der Waals surface area contributed by atoms with Crippen molar-refractivity contribution in [3.05, 3.63) is 59.7 Å². The van der Waals surface area contributed by atoms with E-state index in [9.17, 15) is 8.42 Å². The van der Waals surface area contributed by atoms with E-state index in [2.05, 4.69) is 5.10 Å². The molecule has 0 aromatic heterocycles. The molecule has 0 heterocycles. The molecular weight excluding hydrogens is 276 g/mol. The number of aryl methyl sites for hydroxylation is 1. The molecule has 0 bridgehead atoms. The van der Waals surface area contributed by atoms with Gasteiger partial charge in [0.1, 0.15) is 10.6 Å². The molecule has 0 spiro atoms. The summed E-state index contributed by atoms with van der Waals surface area (Å²) in [6, 6.07) is 12.9. The van der Waals surface area contributed by atoms with Gasteiger partial charge >= 0.3 is 10.1 Å². The van der Waals surface area contributed by atoms with E-state index in [-0.39, 0.29) is 10.6 Å². The zero-order chi connectivity index (χ0) is 14.6. The Bertz CT molecular complexity index is 705. The smallest absolute Gasteiger partial charge is 0.339 e. The van der Waals surface area contributed by atoms with E-state index < -0.39 is 10.1 Å². The number of hydrogen-bond donors (Lipinski definition) is 1. The van der Waals surface area contributed by atoms with Crippen LogP contribution >= 0.6 is 0 Å². The Balaban J connectivity index is 2.21. The molecule has 2 aromatic carbocycles. The number of rotatable bonds is 4. The number of nitrogens with zero attached hydrogens (tertiary/aromatic N) is 1. The van der Waals surface area contributed by atoms with E-state index in [0.717, 1.165) is 11.1 Å². The zero-order valence-corrected chi connectivity index (χ0v) is 11.7. The molecule has 2 aromatic rings. The van der Waals surface area contributed by atoms with Crippen molar-refractivity contribution >= 4 is 16.3 Å². The van der Waals surface area contributed by atoms with Crippen LogP contribution in [0.2, 0.25) is 0 Å².